The Kier molecular flexibility index (Phi) is 4.08. The minimum Gasteiger partial charge on any atom is -0.365 e. The number of hydrogen-bond donors (Lipinski definition) is 1. The first kappa shape index (κ1) is 13.9. The van der Waals surface area contributed by atoms with Gasteiger partial charge in [0.25, 0.3) is 0 Å². The fourth-order valence-electron chi connectivity index (χ4n) is 2.02. The molecule has 0 bridgehead atoms. The van der Waals surface area contributed by atoms with Gasteiger partial charge >= 0.3 is 0 Å². The Hall–Kier alpha value is -2.04. The third kappa shape index (κ3) is 3.17. The van der Waals surface area contributed by atoms with Crippen molar-refractivity contribution in [1.29, 1.82) is 0 Å². The van der Waals surface area contributed by atoms with Crippen LogP contribution in [0.15, 0.2) is 55.0 Å². The lowest BCUT2D eigenvalue weighted by molar-refractivity contribution is 0.863. The third-order valence-corrected chi connectivity index (χ3v) is 3.49. The van der Waals surface area contributed by atoms with E-state index >= 15 is 0 Å². The van der Waals surface area contributed by atoms with Gasteiger partial charge in [-0.2, -0.15) is 5.10 Å². The largest absolute Gasteiger partial charge is 0.365 e. The lowest BCUT2D eigenvalue weighted by Gasteiger charge is -2.12. The molecule has 0 fully saturated rings. The van der Waals surface area contributed by atoms with Crippen LogP contribution in [0, 0.1) is 0 Å². The molecule has 4 nitrogen and oxygen atoms in total. The highest BCUT2D eigenvalue weighted by Gasteiger charge is 2.06. The zero-order valence-electron chi connectivity index (χ0n) is 11.0. The average molecular weight is 319 g/mol. The normalized spacial score (nSPS) is 10.6. The van der Waals surface area contributed by atoms with E-state index < -0.39 is 0 Å². The number of benzene rings is 1. The average Bonchev–Trinajstić information content (AvgIpc) is 3.01. The first-order chi connectivity index (χ1) is 10.2. The quantitative estimate of drug-likeness (QED) is 0.784. The molecule has 0 aliphatic rings. The number of para-hydroxylation sites is 1. The maximum atomic E-state index is 6.11. The van der Waals surface area contributed by atoms with Crippen molar-refractivity contribution >= 4 is 29.0 Å². The number of rotatable bonds is 4. The fourth-order valence-corrected chi connectivity index (χ4v) is 2.47. The van der Waals surface area contributed by atoms with E-state index in [9.17, 15) is 0 Å². The Morgan fingerprint density at radius 2 is 2.00 bits per heavy atom. The van der Waals surface area contributed by atoms with Crippen molar-refractivity contribution < 1.29 is 0 Å². The van der Waals surface area contributed by atoms with Gasteiger partial charge in [-0.3, -0.25) is 0 Å². The van der Waals surface area contributed by atoms with E-state index in [1.807, 2.05) is 41.2 Å². The van der Waals surface area contributed by atoms with Crippen LogP contribution >= 0.6 is 23.2 Å². The van der Waals surface area contributed by atoms with Crippen LogP contribution in [-0.4, -0.2) is 14.8 Å². The van der Waals surface area contributed by atoms with E-state index in [0.717, 1.165) is 11.3 Å². The fraction of sp³-hybridized carbons (Fsp3) is 0.0667. The monoisotopic (exact) mass is 318 g/mol. The van der Waals surface area contributed by atoms with Crippen molar-refractivity contribution in [2.45, 2.75) is 6.54 Å². The van der Waals surface area contributed by atoms with Crippen LogP contribution in [0.5, 0.6) is 0 Å². The van der Waals surface area contributed by atoms with Gasteiger partial charge in [0.15, 0.2) is 0 Å². The summed E-state index contributed by atoms with van der Waals surface area (Å²) in [6, 6.07) is 11.6. The molecule has 0 radical (unpaired) electrons. The Labute approximate surface area is 132 Å². The molecule has 2 heterocycles. The number of anilines is 1. The molecule has 0 atom stereocenters. The molecule has 0 saturated carbocycles. The number of hydrogen-bond acceptors (Lipinski definition) is 3. The predicted octanol–water partition coefficient (Wildman–Crippen LogP) is 4.19. The smallest absolute Gasteiger partial charge is 0.145 e. The van der Waals surface area contributed by atoms with Gasteiger partial charge in [-0.15, -0.1) is 0 Å². The van der Waals surface area contributed by atoms with E-state index in [-0.39, 0.29) is 0 Å². The summed E-state index contributed by atoms with van der Waals surface area (Å²) in [7, 11) is 0. The van der Waals surface area contributed by atoms with Gasteiger partial charge in [0, 0.05) is 25.1 Å². The van der Waals surface area contributed by atoms with Gasteiger partial charge in [0.05, 0.1) is 15.7 Å². The zero-order chi connectivity index (χ0) is 14.7. The van der Waals surface area contributed by atoms with E-state index in [4.69, 9.17) is 23.2 Å². The van der Waals surface area contributed by atoms with Crippen molar-refractivity contribution in [1.82, 2.24) is 14.8 Å². The molecule has 3 aromatic rings. The lowest BCUT2D eigenvalue weighted by Crippen LogP contribution is -2.06. The second-order valence-electron chi connectivity index (χ2n) is 4.42. The van der Waals surface area contributed by atoms with Crippen LogP contribution in [0.3, 0.4) is 0 Å². The van der Waals surface area contributed by atoms with E-state index in [1.54, 1.807) is 18.5 Å². The minimum absolute atomic E-state index is 0.499. The molecule has 0 amide bonds. The molecule has 106 valence electrons. The summed E-state index contributed by atoms with van der Waals surface area (Å²) >= 11 is 11.9. The van der Waals surface area contributed by atoms with Gasteiger partial charge < -0.3 is 5.32 Å². The van der Waals surface area contributed by atoms with Crippen LogP contribution in [0.4, 0.5) is 5.82 Å². The van der Waals surface area contributed by atoms with Crippen LogP contribution in [-0.2, 0) is 6.54 Å². The summed E-state index contributed by atoms with van der Waals surface area (Å²) < 4.78 is 1.83. The van der Waals surface area contributed by atoms with Gasteiger partial charge in [-0.05, 0) is 23.8 Å². The van der Waals surface area contributed by atoms with Crippen molar-refractivity contribution in [3.05, 3.63) is 70.6 Å². The van der Waals surface area contributed by atoms with E-state index in [0.29, 0.717) is 22.4 Å². The number of nitrogens with one attached hydrogen (secondary N) is 1. The van der Waals surface area contributed by atoms with Crippen LogP contribution < -0.4 is 5.32 Å². The zero-order valence-corrected chi connectivity index (χ0v) is 12.5. The number of halogens is 2. The lowest BCUT2D eigenvalue weighted by atomic mass is 10.2. The first-order valence-electron chi connectivity index (χ1n) is 6.37. The van der Waals surface area contributed by atoms with Gasteiger partial charge in [-0.25, -0.2) is 9.67 Å². The van der Waals surface area contributed by atoms with Gasteiger partial charge in [0.2, 0.25) is 0 Å². The third-order valence-electron chi connectivity index (χ3n) is 3.00. The highest BCUT2D eigenvalue weighted by Crippen LogP contribution is 2.23. The highest BCUT2D eigenvalue weighted by atomic mass is 35.5. The topological polar surface area (TPSA) is 42.7 Å². The molecule has 0 aliphatic carbocycles. The van der Waals surface area contributed by atoms with Crippen LogP contribution in [0.2, 0.25) is 10.0 Å². The maximum absolute atomic E-state index is 6.11. The number of aromatic nitrogens is 3. The van der Waals surface area contributed by atoms with Crippen LogP contribution in [0.25, 0.3) is 5.69 Å². The molecule has 3 rings (SSSR count). The Morgan fingerprint density at radius 1 is 1.14 bits per heavy atom. The van der Waals surface area contributed by atoms with Gasteiger partial charge in [-0.1, -0.05) is 41.4 Å². The Balaban J connectivity index is 1.83. The number of nitrogens with zero attached hydrogens (tertiary/aromatic N) is 3. The Morgan fingerprint density at radius 3 is 2.76 bits per heavy atom. The summed E-state index contributed by atoms with van der Waals surface area (Å²) in [6.07, 6.45) is 5.23. The molecule has 6 heteroatoms. The predicted molar refractivity (Wildman–Crippen MR) is 85.1 cm³/mol. The van der Waals surface area contributed by atoms with Gasteiger partial charge in [0.1, 0.15) is 5.82 Å². The van der Waals surface area contributed by atoms with Crippen molar-refractivity contribution in [3.8, 4) is 5.69 Å². The summed E-state index contributed by atoms with van der Waals surface area (Å²) in [5, 5.41) is 8.49. The molecule has 0 unspecified atom stereocenters. The second kappa shape index (κ2) is 6.16. The van der Waals surface area contributed by atoms with Crippen molar-refractivity contribution in [2.24, 2.45) is 0 Å². The molecular weight excluding hydrogens is 307 g/mol. The van der Waals surface area contributed by atoms with Crippen LogP contribution in [0.1, 0.15) is 5.56 Å². The van der Waals surface area contributed by atoms with Crippen molar-refractivity contribution in [3.63, 3.8) is 0 Å². The SMILES string of the molecule is Clc1cnc(NCc2ccccc2-n2cccn2)c(Cl)c1. The molecule has 2 aromatic heterocycles. The second-order valence-corrected chi connectivity index (χ2v) is 5.26. The van der Waals surface area contributed by atoms with E-state index in [1.165, 1.54) is 0 Å². The summed E-state index contributed by atoms with van der Waals surface area (Å²) in [6.45, 7) is 0.588. The maximum Gasteiger partial charge on any atom is 0.145 e. The number of pyridine rings is 1. The minimum atomic E-state index is 0.499. The molecule has 0 spiro atoms. The molecule has 0 saturated heterocycles. The van der Waals surface area contributed by atoms with E-state index in [2.05, 4.69) is 15.4 Å². The summed E-state index contributed by atoms with van der Waals surface area (Å²) in [5.41, 5.74) is 2.11. The summed E-state index contributed by atoms with van der Waals surface area (Å²) in [5.74, 6) is 0.608. The molecular formula is C15H12Cl2N4. The molecule has 1 N–H and O–H groups in total. The molecule has 21 heavy (non-hydrogen) atoms. The Bertz CT molecular complexity index is 741. The summed E-state index contributed by atoms with van der Waals surface area (Å²) in [4.78, 5) is 4.19. The molecule has 1 aromatic carbocycles. The standard InChI is InChI=1S/C15H12Cl2N4/c16-12-8-13(17)15(19-10-12)18-9-11-4-1-2-5-14(11)21-7-3-6-20-21/h1-8,10H,9H2,(H,18,19). The first-order valence-corrected chi connectivity index (χ1v) is 7.12. The van der Waals surface area contributed by atoms with Crippen molar-refractivity contribution in [2.75, 3.05) is 5.32 Å². The molecule has 0 aliphatic heterocycles. The highest BCUT2D eigenvalue weighted by molar-refractivity contribution is 6.35.